The Bertz CT molecular complexity index is 281. The second-order valence-electron chi connectivity index (χ2n) is 4.35. The minimum atomic E-state index is -3.39. The maximum atomic E-state index is 13.3. The standard InChI is InChI=1S/C10H17F2NO3/c1-3-16-8(15)6-4-7(6)9(2,13)10(11,12)5-14/h6-7,14H,3-5,13H2,1-2H3/t6-,7-,9-/m1/s1. The fourth-order valence-corrected chi connectivity index (χ4v) is 1.81. The minimum absolute atomic E-state index is 0.222. The summed E-state index contributed by atoms with van der Waals surface area (Å²) in [4.78, 5) is 11.3. The van der Waals surface area contributed by atoms with Gasteiger partial charge in [-0.3, -0.25) is 4.79 Å². The molecule has 1 fully saturated rings. The molecule has 1 saturated carbocycles. The van der Waals surface area contributed by atoms with E-state index in [4.69, 9.17) is 15.6 Å². The van der Waals surface area contributed by atoms with Crippen LogP contribution in [0.15, 0.2) is 0 Å². The van der Waals surface area contributed by atoms with E-state index in [-0.39, 0.29) is 6.61 Å². The Kier molecular flexibility index (Phi) is 3.54. The lowest BCUT2D eigenvalue weighted by Gasteiger charge is -2.33. The molecule has 4 nitrogen and oxygen atoms in total. The molecular formula is C10H17F2NO3. The predicted molar refractivity (Wildman–Crippen MR) is 52.9 cm³/mol. The van der Waals surface area contributed by atoms with Crippen LogP contribution in [0.2, 0.25) is 0 Å². The molecule has 94 valence electrons. The first-order chi connectivity index (χ1) is 7.28. The summed E-state index contributed by atoms with van der Waals surface area (Å²) in [6.07, 6.45) is 0.293. The van der Waals surface area contributed by atoms with Gasteiger partial charge in [0.1, 0.15) is 6.61 Å². The van der Waals surface area contributed by atoms with Crippen molar-refractivity contribution in [2.75, 3.05) is 13.2 Å². The Morgan fingerprint density at radius 1 is 1.62 bits per heavy atom. The Hall–Kier alpha value is -0.750. The lowest BCUT2D eigenvalue weighted by Crippen LogP contribution is -2.57. The Labute approximate surface area is 92.8 Å². The van der Waals surface area contributed by atoms with Gasteiger partial charge in [0.2, 0.25) is 0 Å². The largest absolute Gasteiger partial charge is 0.466 e. The van der Waals surface area contributed by atoms with Crippen molar-refractivity contribution >= 4 is 5.97 Å². The van der Waals surface area contributed by atoms with E-state index >= 15 is 0 Å². The molecule has 1 aliphatic rings. The highest BCUT2D eigenvalue weighted by atomic mass is 19.3. The quantitative estimate of drug-likeness (QED) is 0.684. The molecule has 0 unspecified atom stereocenters. The monoisotopic (exact) mass is 237 g/mol. The highest BCUT2D eigenvalue weighted by molar-refractivity contribution is 5.76. The summed E-state index contributed by atoms with van der Waals surface area (Å²) in [6, 6.07) is 0. The number of esters is 1. The zero-order valence-electron chi connectivity index (χ0n) is 9.37. The summed E-state index contributed by atoms with van der Waals surface area (Å²) in [5.74, 6) is -5.07. The van der Waals surface area contributed by atoms with E-state index in [9.17, 15) is 13.6 Å². The normalized spacial score (nSPS) is 28.4. The van der Waals surface area contributed by atoms with Crippen LogP contribution < -0.4 is 5.73 Å². The van der Waals surface area contributed by atoms with Gasteiger partial charge in [0.25, 0.3) is 5.92 Å². The summed E-state index contributed by atoms with van der Waals surface area (Å²) < 4.78 is 31.4. The Morgan fingerprint density at radius 3 is 2.62 bits per heavy atom. The van der Waals surface area contributed by atoms with Crippen molar-refractivity contribution in [1.29, 1.82) is 0 Å². The molecule has 3 N–H and O–H groups in total. The Morgan fingerprint density at radius 2 is 2.19 bits per heavy atom. The highest BCUT2D eigenvalue weighted by Gasteiger charge is 2.62. The van der Waals surface area contributed by atoms with Gasteiger partial charge in [0, 0.05) is 0 Å². The van der Waals surface area contributed by atoms with Crippen LogP contribution >= 0.6 is 0 Å². The van der Waals surface area contributed by atoms with Crippen LogP contribution in [0.4, 0.5) is 8.78 Å². The zero-order valence-corrected chi connectivity index (χ0v) is 9.37. The van der Waals surface area contributed by atoms with Crippen molar-refractivity contribution in [1.82, 2.24) is 0 Å². The van der Waals surface area contributed by atoms with E-state index in [1.807, 2.05) is 0 Å². The van der Waals surface area contributed by atoms with Crippen LogP contribution in [0.1, 0.15) is 20.3 Å². The summed E-state index contributed by atoms with van der Waals surface area (Å²) in [6.45, 7) is 1.72. The molecule has 0 spiro atoms. The number of nitrogens with two attached hydrogens (primary N) is 1. The molecule has 0 aromatic heterocycles. The Balaban J connectivity index is 2.65. The average Bonchev–Trinajstić information content (AvgIpc) is 2.97. The molecule has 0 aromatic rings. The summed E-state index contributed by atoms with van der Waals surface area (Å²) in [5.41, 5.74) is 3.64. The van der Waals surface area contributed by atoms with Gasteiger partial charge in [-0.1, -0.05) is 0 Å². The third kappa shape index (κ3) is 2.17. The van der Waals surface area contributed by atoms with Gasteiger partial charge in [-0.25, -0.2) is 8.78 Å². The van der Waals surface area contributed by atoms with Crippen LogP contribution in [-0.4, -0.2) is 35.8 Å². The van der Waals surface area contributed by atoms with Crippen LogP contribution in [-0.2, 0) is 9.53 Å². The van der Waals surface area contributed by atoms with Crippen LogP contribution in [0.5, 0.6) is 0 Å². The van der Waals surface area contributed by atoms with Gasteiger partial charge in [0.05, 0.1) is 18.1 Å². The number of carbonyl (C=O) groups excluding carboxylic acids is 1. The maximum Gasteiger partial charge on any atom is 0.309 e. The molecule has 0 amide bonds. The van der Waals surface area contributed by atoms with Crippen molar-refractivity contribution in [3.05, 3.63) is 0 Å². The molecule has 0 aromatic carbocycles. The van der Waals surface area contributed by atoms with Gasteiger partial charge in [-0.05, 0) is 26.2 Å². The molecule has 0 radical (unpaired) electrons. The van der Waals surface area contributed by atoms with Gasteiger partial charge in [0.15, 0.2) is 0 Å². The number of aliphatic hydroxyl groups excluding tert-OH is 1. The van der Waals surface area contributed by atoms with Gasteiger partial charge in [-0.15, -0.1) is 0 Å². The van der Waals surface area contributed by atoms with Crippen molar-refractivity contribution in [3.63, 3.8) is 0 Å². The van der Waals surface area contributed by atoms with Gasteiger partial charge >= 0.3 is 5.97 Å². The van der Waals surface area contributed by atoms with Gasteiger partial charge in [-0.2, -0.15) is 0 Å². The minimum Gasteiger partial charge on any atom is -0.466 e. The molecule has 16 heavy (non-hydrogen) atoms. The second kappa shape index (κ2) is 4.25. The number of ether oxygens (including phenoxy) is 1. The third-order valence-corrected chi connectivity index (χ3v) is 3.14. The number of hydrogen-bond donors (Lipinski definition) is 2. The average molecular weight is 237 g/mol. The zero-order chi connectivity index (χ0) is 12.6. The molecule has 6 heteroatoms. The molecule has 0 aliphatic heterocycles. The highest BCUT2D eigenvalue weighted by Crippen LogP contribution is 2.51. The fraction of sp³-hybridized carbons (Fsp3) is 0.900. The predicted octanol–water partition coefficient (Wildman–Crippen LogP) is 0.531. The van der Waals surface area contributed by atoms with E-state index in [2.05, 4.69) is 0 Å². The molecule has 0 heterocycles. The van der Waals surface area contributed by atoms with Crippen molar-refractivity contribution < 1.29 is 23.4 Å². The van der Waals surface area contributed by atoms with Crippen LogP contribution in [0, 0.1) is 11.8 Å². The lowest BCUT2D eigenvalue weighted by molar-refractivity contribution is -0.147. The van der Waals surface area contributed by atoms with E-state index in [1.165, 1.54) is 0 Å². The molecule has 0 bridgehead atoms. The number of hydrogen-bond acceptors (Lipinski definition) is 4. The van der Waals surface area contributed by atoms with Gasteiger partial charge < -0.3 is 15.6 Å². The van der Waals surface area contributed by atoms with E-state index < -0.39 is 35.9 Å². The number of alkyl halides is 2. The molecule has 3 atom stereocenters. The van der Waals surface area contributed by atoms with E-state index in [1.54, 1.807) is 6.92 Å². The van der Waals surface area contributed by atoms with Crippen molar-refractivity contribution in [3.8, 4) is 0 Å². The first-order valence-electron chi connectivity index (χ1n) is 5.22. The second-order valence-corrected chi connectivity index (χ2v) is 4.35. The number of carbonyl (C=O) groups is 1. The van der Waals surface area contributed by atoms with Crippen molar-refractivity contribution in [2.24, 2.45) is 17.6 Å². The molecular weight excluding hydrogens is 220 g/mol. The third-order valence-electron chi connectivity index (χ3n) is 3.14. The number of halogens is 2. The topological polar surface area (TPSA) is 72.5 Å². The van der Waals surface area contributed by atoms with Crippen LogP contribution in [0.3, 0.4) is 0 Å². The summed E-state index contributed by atoms with van der Waals surface area (Å²) >= 11 is 0. The summed E-state index contributed by atoms with van der Waals surface area (Å²) in [7, 11) is 0. The first kappa shape index (κ1) is 13.3. The van der Waals surface area contributed by atoms with E-state index in [0.717, 1.165) is 6.92 Å². The number of rotatable bonds is 5. The SMILES string of the molecule is CCOC(=O)[C@@H]1C[C@H]1[C@@](C)(N)C(F)(F)CO. The molecule has 1 rings (SSSR count). The smallest absolute Gasteiger partial charge is 0.309 e. The molecule has 1 aliphatic carbocycles. The van der Waals surface area contributed by atoms with E-state index in [0.29, 0.717) is 6.42 Å². The summed E-state index contributed by atoms with van der Waals surface area (Å²) in [5, 5.41) is 8.59. The van der Waals surface area contributed by atoms with Crippen LogP contribution in [0.25, 0.3) is 0 Å². The fourth-order valence-electron chi connectivity index (χ4n) is 1.81. The maximum absolute atomic E-state index is 13.3. The first-order valence-corrected chi connectivity index (χ1v) is 5.22. The van der Waals surface area contributed by atoms with Crippen molar-refractivity contribution in [2.45, 2.75) is 31.7 Å². The molecule has 0 saturated heterocycles. The lowest BCUT2D eigenvalue weighted by atomic mass is 9.88. The number of aliphatic hydroxyl groups is 1.